The number of amides is 1. The lowest BCUT2D eigenvalue weighted by Gasteiger charge is -2.13. The SMILES string of the molecule is COc1cc2nccc(Oc3ccc(NC(=O)COc4c(F)cccc4F)cc3)c2cc1OC. The molecule has 0 saturated carbocycles. The van der Waals surface area contributed by atoms with Gasteiger partial charge in [-0.2, -0.15) is 0 Å². The van der Waals surface area contributed by atoms with Gasteiger partial charge in [0.05, 0.1) is 19.7 Å². The Balaban J connectivity index is 1.43. The van der Waals surface area contributed by atoms with Crippen LogP contribution in [0.25, 0.3) is 10.9 Å². The Morgan fingerprint density at radius 3 is 2.26 bits per heavy atom. The zero-order chi connectivity index (χ0) is 24.1. The number of hydrogen-bond acceptors (Lipinski definition) is 6. The lowest BCUT2D eigenvalue weighted by molar-refractivity contribution is -0.118. The van der Waals surface area contributed by atoms with Crippen LogP contribution in [0, 0.1) is 11.6 Å². The highest BCUT2D eigenvalue weighted by Crippen LogP contribution is 2.37. The highest BCUT2D eigenvalue weighted by atomic mass is 19.1. The highest BCUT2D eigenvalue weighted by molar-refractivity contribution is 5.92. The molecule has 0 bridgehead atoms. The Morgan fingerprint density at radius 1 is 0.912 bits per heavy atom. The van der Waals surface area contributed by atoms with Crippen LogP contribution in [0.15, 0.2) is 66.9 Å². The lowest BCUT2D eigenvalue weighted by Crippen LogP contribution is -2.20. The molecule has 1 aromatic heterocycles. The summed E-state index contributed by atoms with van der Waals surface area (Å²) in [6.07, 6.45) is 1.62. The first-order valence-corrected chi connectivity index (χ1v) is 10.1. The van der Waals surface area contributed by atoms with E-state index in [1.807, 2.05) is 0 Å². The van der Waals surface area contributed by atoms with Gasteiger partial charge >= 0.3 is 0 Å². The molecule has 9 heteroatoms. The number of ether oxygens (including phenoxy) is 4. The molecule has 0 unspecified atom stereocenters. The predicted octanol–water partition coefficient (Wildman–Crippen LogP) is 5.34. The van der Waals surface area contributed by atoms with E-state index in [1.54, 1.807) is 62.9 Å². The Labute approximate surface area is 193 Å². The fourth-order valence-corrected chi connectivity index (χ4v) is 3.22. The van der Waals surface area contributed by atoms with Crippen LogP contribution in [-0.4, -0.2) is 31.7 Å². The third-order valence-electron chi connectivity index (χ3n) is 4.84. The van der Waals surface area contributed by atoms with E-state index in [4.69, 9.17) is 18.9 Å². The lowest BCUT2D eigenvalue weighted by atomic mass is 10.2. The predicted molar refractivity (Wildman–Crippen MR) is 122 cm³/mol. The number of nitrogens with one attached hydrogen (secondary N) is 1. The van der Waals surface area contributed by atoms with Crippen LogP contribution in [-0.2, 0) is 4.79 Å². The van der Waals surface area contributed by atoms with E-state index >= 15 is 0 Å². The summed E-state index contributed by atoms with van der Waals surface area (Å²) in [6, 6.07) is 15.2. The maximum absolute atomic E-state index is 13.6. The van der Waals surface area contributed by atoms with E-state index in [-0.39, 0.29) is 0 Å². The molecule has 3 aromatic carbocycles. The zero-order valence-corrected chi connectivity index (χ0v) is 18.3. The summed E-state index contributed by atoms with van der Waals surface area (Å²) in [5, 5.41) is 3.33. The maximum atomic E-state index is 13.6. The summed E-state index contributed by atoms with van der Waals surface area (Å²) < 4.78 is 48.8. The normalized spacial score (nSPS) is 10.6. The van der Waals surface area contributed by atoms with Crippen molar-refractivity contribution < 1.29 is 32.5 Å². The van der Waals surface area contributed by atoms with Crippen LogP contribution in [0.2, 0.25) is 0 Å². The average molecular weight is 466 g/mol. The van der Waals surface area contributed by atoms with Crippen molar-refractivity contribution in [2.45, 2.75) is 0 Å². The molecule has 0 fully saturated rings. The topological polar surface area (TPSA) is 78.9 Å². The van der Waals surface area contributed by atoms with Crippen LogP contribution < -0.4 is 24.3 Å². The van der Waals surface area contributed by atoms with Crippen molar-refractivity contribution in [1.82, 2.24) is 4.98 Å². The first-order valence-electron chi connectivity index (χ1n) is 10.1. The molecule has 7 nitrogen and oxygen atoms in total. The van der Waals surface area contributed by atoms with E-state index < -0.39 is 29.9 Å². The van der Waals surface area contributed by atoms with Gasteiger partial charge in [-0.05, 0) is 48.5 Å². The number of carbonyl (C=O) groups is 1. The number of pyridine rings is 1. The van der Waals surface area contributed by atoms with Crippen molar-refractivity contribution in [2.24, 2.45) is 0 Å². The number of benzene rings is 3. The minimum absolute atomic E-state index is 0.459. The van der Waals surface area contributed by atoms with E-state index in [2.05, 4.69) is 10.3 Å². The summed E-state index contributed by atoms with van der Waals surface area (Å²) in [5.74, 6) is -0.751. The number of fused-ring (bicyclic) bond motifs is 1. The minimum Gasteiger partial charge on any atom is -0.493 e. The molecule has 0 radical (unpaired) electrons. The molecular weight excluding hydrogens is 446 g/mol. The van der Waals surface area contributed by atoms with E-state index in [0.717, 1.165) is 17.5 Å². The number of rotatable bonds is 8. The van der Waals surface area contributed by atoms with Gasteiger partial charge in [0, 0.05) is 23.3 Å². The van der Waals surface area contributed by atoms with Gasteiger partial charge in [-0.1, -0.05) is 6.07 Å². The highest BCUT2D eigenvalue weighted by Gasteiger charge is 2.13. The van der Waals surface area contributed by atoms with Gasteiger partial charge in [-0.3, -0.25) is 9.78 Å². The zero-order valence-electron chi connectivity index (χ0n) is 18.3. The third-order valence-corrected chi connectivity index (χ3v) is 4.84. The first-order chi connectivity index (χ1) is 16.5. The van der Waals surface area contributed by atoms with Crippen molar-refractivity contribution in [1.29, 1.82) is 0 Å². The van der Waals surface area contributed by atoms with Crippen LogP contribution in [0.3, 0.4) is 0 Å². The number of methoxy groups -OCH3 is 2. The molecule has 0 atom stereocenters. The Kier molecular flexibility index (Phi) is 6.72. The van der Waals surface area contributed by atoms with Crippen molar-refractivity contribution in [3.05, 3.63) is 78.5 Å². The Hall–Kier alpha value is -4.40. The fraction of sp³-hybridized carbons (Fsp3) is 0.120. The summed E-state index contributed by atoms with van der Waals surface area (Å²) in [7, 11) is 3.10. The summed E-state index contributed by atoms with van der Waals surface area (Å²) in [4.78, 5) is 16.4. The second-order valence-corrected chi connectivity index (χ2v) is 7.05. The van der Waals surface area contributed by atoms with Gasteiger partial charge in [0.25, 0.3) is 5.91 Å². The summed E-state index contributed by atoms with van der Waals surface area (Å²) >= 11 is 0. The largest absolute Gasteiger partial charge is 0.493 e. The summed E-state index contributed by atoms with van der Waals surface area (Å²) in [6.45, 7) is -0.551. The van der Waals surface area contributed by atoms with Crippen LogP contribution in [0.5, 0.6) is 28.7 Å². The average Bonchev–Trinajstić information content (AvgIpc) is 2.84. The number of hydrogen-bond donors (Lipinski definition) is 1. The maximum Gasteiger partial charge on any atom is 0.262 e. The Bertz CT molecular complexity index is 1310. The van der Waals surface area contributed by atoms with Gasteiger partial charge in [-0.25, -0.2) is 8.78 Å². The molecule has 4 aromatic rings. The molecular formula is C25H20F2N2O5. The molecule has 0 aliphatic rings. The molecule has 0 saturated heterocycles. The van der Waals surface area contributed by atoms with Gasteiger partial charge in [0.2, 0.25) is 0 Å². The second kappa shape index (κ2) is 10.0. The van der Waals surface area contributed by atoms with Crippen molar-refractivity contribution in [3.8, 4) is 28.7 Å². The van der Waals surface area contributed by atoms with E-state index in [9.17, 15) is 13.6 Å². The van der Waals surface area contributed by atoms with Gasteiger partial charge < -0.3 is 24.3 Å². The molecule has 1 N–H and O–H groups in total. The van der Waals surface area contributed by atoms with Gasteiger partial charge in [0.1, 0.15) is 11.5 Å². The summed E-state index contributed by atoms with van der Waals surface area (Å²) in [5.41, 5.74) is 1.13. The van der Waals surface area contributed by atoms with Crippen molar-refractivity contribution in [3.63, 3.8) is 0 Å². The molecule has 0 spiro atoms. The standard InChI is InChI=1S/C25H20F2N2O5/c1-31-22-12-17-20(13-23(22)32-2)28-11-10-21(17)34-16-8-6-15(7-9-16)29-24(30)14-33-25-18(26)4-3-5-19(25)27/h3-13H,14H2,1-2H3,(H,29,30). The fourth-order valence-electron chi connectivity index (χ4n) is 3.22. The number of carbonyl (C=O) groups excluding carboxylic acids is 1. The van der Waals surface area contributed by atoms with Gasteiger partial charge in [-0.15, -0.1) is 0 Å². The molecule has 34 heavy (non-hydrogen) atoms. The molecule has 174 valence electrons. The first kappa shape index (κ1) is 22.8. The van der Waals surface area contributed by atoms with Crippen molar-refractivity contribution >= 4 is 22.5 Å². The molecule has 0 aliphatic heterocycles. The van der Waals surface area contributed by atoms with Crippen LogP contribution >= 0.6 is 0 Å². The second-order valence-electron chi connectivity index (χ2n) is 7.05. The third kappa shape index (κ3) is 4.98. The van der Waals surface area contributed by atoms with E-state index in [1.165, 1.54) is 6.07 Å². The van der Waals surface area contributed by atoms with Crippen LogP contribution in [0.1, 0.15) is 0 Å². The Morgan fingerprint density at radius 2 is 1.59 bits per heavy atom. The smallest absolute Gasteiger partial charge is 0.262 e. The molecule has 1 amide bonds. The molecule has 1 heterocycles. The number of para-hydroxylation sites is 1. The molecule has 4 rings (SSSR count). The number of halogens is 2. The number of aromatic nitrogens is 1. The quantitative estimate of drug-likeness (QED) is 0.378. The van der Waals surface area contributed by atoms with Crippen LogP contribution in [0.4, 0.5) is 14.5 Å². The minimum atomic E-state index is -0.881. The van der Waals surface area contributed by atoms with Crippen molar-refractivity contribution in [2.75, 3.05) is 26.1 Å². The monoisotopic (exact) mass is 466 g/mol. The van der Waals surface area contributed by atoms with E-state index in [0.29, 0.717) is 34.2 Å². The van der Waals surface area contributed by atoms with Gasteiger partial charge in [0.15, 0.2) is 35.5 Å². The number of anilines is 1. The molecule has 0 aliphatic carbocycles. The number of nitrogens with zero attached hydrogens (tertiary/aromatic N) is 1.